The maximum atomic E-state index is 5.42. The van der Waals surface area contributed by atoms with Crippen LogP contribution in [-0.2, 0) is 17.8 Å². The van der Waals surface area contributed by atoms with E-state index in [1.54, 1.807) is 6.33 Å². The fourth-order valence-corrected chi connectivity index (χ4v) is 3.71. The van der Waals surface area contributed by atoms with Crippen LogP contribution in [0.4, 0.5) is 5.82 Å². The summed E-state index contributed by atoms with van der Waals surface area (Å²) in [7, 11) is 0. The Kier molecular flexibility index (Phi) is 5.37. The molecule has 5 rings (SSSR count). The summed E-state index contributed by atoms with van der Waals surface area (Å²) in [6.07, 6.45) is 3.40. The van der Waals surface area contributed by atoms with Crippen LogP contribution in [0.2, 0.25) is 0 Å². The Labute approximate surface area is 175 Å². The summed E-state index contributed by atoms with van der Waals surface area (Å²) >= 11 is 0. The molecule has 4 aromatic rings. The average molecular weight is 400 g/mol. The number of benzene rings is 2. The molecule has 7 nitrogen and oxygen atoms in total. The van der Waals surface area contributed by atoms with Crippen molar-refractivity contribution in [1.82, 2.24) is 24.6 Å². The topological polar surface area (TPSA) is 68.1 Å². The number of hydrogen-bond acceptors (Lipinski definition) is 6. The summed E-state index contributed by atoms with van der Waals surface area (Å²) in [6.45, 7) is 5.34. The lowest BCUT2D eigenvalue weighted by Gasteiger charge is -2.26. The average Bonchev–Trinajstić information content (AvgIpc) is 3.25. The number of nitrogens with zero attached hydrogens (tertiary/aromatic N) is 5. The van der Waals surface area contributed by atoms with Crippen molar-refractivity contribution in [3.05, 3.63) is 78.2 Å². The molecule has 0 spiro atoms. The molecule has 152 valence electrons. The molecule has 0 bridgehead atoms. The van der Waals surface area contributed by atoms with Crippen molar-refractivity contribution in [3.63, 3.8) is 0 Å². The maximum absolute atomic E-state index is 5.42. The zero-order chi connectivity index (χ0) is 20.2. The highest BCUT2D eigenvalue weighted by Crippen LogP contribution is 2.22. The Morgan fingerprint density at radius 1 is 0.900 bits per heavy atom. The standard InChI is InChI=1S/C23H24N6O/c1-2-4-20(5-3-1)29-23-21(15-27-29)22(25-17-26-23)24-14-18-6-8-19(9-7-18)16-28-10-12-30-13-11-28/h1-9,15,17H,10-14,16H2,(H,24,25,26). The lowest BCUT2D eigenvalue weighted by molar-refractivity contribution is 0.0342. The summed E-state index contributed by atoms with van der Waals surface area (Å²) in [5.41, 5.74) is 4.31. The zero-order valence-electron chi connectivity index (χ0n) is 16.7. The number of hydrogen-bond donors (Lipinski definition) is 1. The molecule has 2 aromatic carbocycles. The van der Waals surface area contributed by atoms with E-state index in [0.717, 1.165) is 55.4 Å². The van der Waals surface area contributed by atoms with E-state index in [4.69, 9.17) is 4.74 Å². The minimum absolute atomic E-state index is 0.695. The quantitative estimate of drug-likeness (QED) is 0.536. The minimum Gasteiger partial charge on any atom is -0.379 e. The third kappa shape index (κ3) is 4.03. The maximum Gasteiger partial charge on any atom is 0.168 e. The normalized spacial score (nSPS) is 14.8. The fourth-order valence-electron chi connectivity index (χ4n) is 3.71. The van der Waals surface area contributed by atoms with Gasteiger partial charge in [0.15, 0.2) is 5.65 Å². The predicted molar refractivity (Wildman–Crippen MR) is 117 cm³/mol. The van der Waals surface area contributed by atoms with E-state index in [0.29, 0.717) is 6.54 Å². The van der Waals surface area contributed by atoms with Crippen molar-refractivity contribution in [3.8, 4) is 5.69 Å². The molecule has 7 heteroatoms. The molecule has 2 aromatic heterocycles. The van der Waals surface area contributed by atoms with E-state index in [2.05, 4.69) is 49.5 Å². The number of rotatable bonds is 6. The van der Waals surface area contributed by atoms with Crippen LogP contribution in [0.5, 0.6) is 0 Å². The van der Waals surface area contributed by atoms with Gasteiger partial charge < -0.3 is 10.1 Å². The molecule has 1 N–H and O–H groups in total. The molecule has 0 radical (unpaired) electrons. The van der Waals surface area contributed by atoms with E-state index in [-0.39, 0.29) is 0 Å². The lowest BCUT2D eigenvalue weighted by atomic mass is 10.1. The van der Waals surface area contributed by atoms with Gasteiger partial charge in [0.1, 0.15) is 12.1 Å². The first-order valence-corrected chi connectivity index (χ1v) is 10.2. The SMILES string of the molecule is c1ccc(-n2ncc3c(NCc4ccc(CN5CCOCC5)cc4)ncnc32)cc1. The molecule has 30 heavy (non-hydrogen) atoms. The second kappa shape index (κ2) is 8.61. The number of para-hydroxylation sites is 1. The van der Waals surface area contributed by atoms with Gasteiger partial charge in [0, 0.05) is 26.2 Å². The molecule has 0 unspecified atom stereocenters. The second-order valence-corrected chi connectivity index (χ2v) is 7.41. The number of morpholine rings is 1. The van der Waals surface area contributed by atoms with E-state index >= 15 is 0 Å². The molecular weight excluding hydrogens is 376 g/mol. The van der Waals surface area contributed by atoms with E-state index in [1.165, 1.54) is 11.1 Å². The second-order valence-electron chi connectivity index (χ2n) is 7.41. The van der Waals surface area contributed by atoms with Crippen LogP contribution in [0, 0.1) is 0 Å². The third-order valence-corrected chi connectivity index (χ3v) is 5.36. The van der Waals surface area contributed by atoms with Crippen LogP contribution in [0.25, 0.3) is 16.7 Å². The molecular formula is C23H24N6O. The van der Waals surface area contributed by atoms with Crippen LogP contribution >= 0.6 is 0 Å². The molecule has 1 aliphatic rings. The van der Waals surface area contributed by atoms with Gasteiger partial charge in [0.05, 0.1) is 30.5 Å². The van der Waals surface area contributed by atoms with Crippen molar-refractivity contribution >= 4 is 16.9 Å². The summed E-state index contributed by atoms with van der Waals surface area (Å²) in [5.74, 6) is 0.791. The number of fused-ring (bicyclic) bond motifs is 1. The molecule has 0 saturated carbocycles. The van der Waals surface area contributed by atoms with Crippen LogP contribution in [-0.4, -0.2) is 51.0 Å². The number of anilines is 1. The van der Waals surface area contributed by atoms with Gasteiger partial charge in [0.2, 0.25) is 0 Å². The van der Waals surface area contributed by atoms with Crippen LogP contribution in [0.1, 0.15) is 11.1 Å². The van der Waals surface area contributed by atoms with E-state index < -0.39 is 0 Å². The first-order chi connectivity index (χ1) is 14.9. The van der Waals surface area contributed by atoms with E-state index in [9.17, 15) is 0 Å². The Bertz CT molecular complexity index is 1100. The Morgan fingerprint density at radius 3 is 2.47 bits per heavy atom. The van der Waals surface area contributed by atoms with Gasteiger partial charge in [0.25, 0.3) is 0 Å². The smallest absolute Gasteiger partial charge is 0.168 e. The van der Waals surface area contributed by atoms with Crippen molar-refractivity contribution in [1.29, 1.82) is 0 Å². The molecule has 3 heterocycles. The van der Waals surface area contributed by atoms with Gasteiger partial charge in [-0.2, -0.15) is 5.10 Å². The van der Waals surface area contributed by atoms with Gasteiger partial charge in [-0.3, -0.25) is 4.90 Å². The summed E-state index contributed by atoms with van der Waals surface area (Å²) in [6, 6.07) is 18.8. The van der Waals surface area contributed by atoms with Crippen molar-refractivity contribution in [2.45, 2.75) is 13.1 Å². The predicted octanol–water partition coefficient (Wildman–Crippen LogP) is 3.26. The van der Waals surface area contributed by atoms with Crippen molar-refractivity contribution in [2.75, 3.05) is 31.6 Å². The first kappa shape index (κ1) is 18.7. The fraction of sp³-hybridized carbons (Fsp3) is 0.261. The van der Waals surface area contributed by atoms with Gasteiger partial charge in [-0.15, -0.1) is 0 Å². The lowest BCUT2D eigenvalue weighted by Crippen LogP contribution is -2.35. The number of aromatic nitrogens is 4. The molecule has 1 saturated heterocycles. The zero-order valence-corrected chi connectivity index (χ0v) is 16.7. The third-order valence-electron chi connectivity index (χ3n) is 5.36. The molecule has 1 fully saturated rings. The summed E-state index contributed by atoms with van der Waals surface area (Å²) in [5, 5.41) is 8.85. The molecule has 0 aliphatic carbocycles. The summed E-state index contributed by atoms with van der Waals surface area (Å²) in [4.78, 5) is 11.3. The molecule has 1 aliphatic heterocycles. The largest absolute Gasteiger partial charge is 0.379 e. The highest BCUT2D eigenvalue weighted by Gasteiger charge is 2.12. The van der Waals surface area contributed by atoms with Crippen LogP contribution in [0.15, 0.2) is 67.1 Å². The highest BCUT2D eigenvalue weighted by molar-refractivity contribution is 5.87. The number of nitrogens with one attached hydrogen (secondary N) is 1. The Morgan fingerprint density at radius 2 is 1.67 bits per heavy atom. The van der Waals surface area contributed by atoms with Gasteiger partial charge in [-0.1, -0.05) is 42.5 Å². The van der Waals surface area contributed by atoms with Gasteiger partial charge in [-0.25, -0.2) is 14.6 Å². The Hall–Kier alpha value is -3.29. The van der Waals surface area contributed by atoms with Gasteiger partial charge >= 0.3 is 0 Å². The minimum atomic E-state index is 0.695. The van der Waals surface area contributed by atoms with Crippen LogP contribution in [0.3, 0.4) is 0 Å². The highest BCUT2D eigenvalue weighted by atomic mass is 16.5. The van der Waals surface area contributed by atoms with E-state index in [1.807, 2.05) is 41.2 Å². The monoisotopic (exact) mass is 400 g/mol. The molecule has 0 atom stereocenters. The van der Waals surface area contributed by atoms with Crippen LogP contribution < -0.4 is 5.32 Å². The summed E-state index contributed by atoms with van der Waals surface area (Å²) < 4.78 is 7.26. The number of ether oxygens (including phenoxy) is 1. The molecule has 0 amide bonds. The van der Waals surface area contributed by atoms with Gasteiger partial charge in [-0.05, 0) is 23.3 Å². The first-order valence-electron chi connectivity index (χ1n) is 10.2. The Balaban J connectivity index is 1.28. The van der Waals surface area contributed by atoms with Crippen molar-refractivity contribution < 1.29 is 4.74 Å². The van der Waals surface area contributed by atoms with Crippen molar-refractivity contribution in [2.24, 2.45) is 0 Å².